The van der Waals surface area contributed by atoms with Crippen LogP contribution in [0.15, 0.2) is 47.1 Å². The summed E-state index contributed by atoms with van der Waals surface area (Å²) >= 11 is 0. The molecule has 0 amide bonds. The predicted octanol–water partition coefficient (Wildman–Crippen LogP) is 5.44. The number of hydrogen-bond donors (Lipinski definition) is 0. The third kappa shape index (κ3) is 1.62. The first-order valence-electron chi connectivity index (χ1n) is 10.6. The van der Waals surface area contributed by atoms with Crippen molar-refractivity contribution in [3.8, 4) is 0 Å². The number of anilines is 1. The van der Waals surface area contributed by atoms with Crippen molar-refractivity contribution in [2.75, 3.05) is 4.90 Å². The van der Waals surface area contributed by atoms with E-state index >= 15 is 0 Å². The number of hydrogen-bond acceptors (Lipinski definition) is 2. The number of para-hydroxylation sites is 1. The van der Waals surface area contributed by atoms with Crippen LogP contribution >= 0.6 is 0 Å². The zero-order chi connectivity index (χ0) is 17.8. The molecular formula is C24H26N2O. The Labute approximate surface area is 159 Å². The van der Waals surface area contributed by atoms with E-state index in [1.54, 1.807) is 5.69 Å². The lowest BCUT2D eigenvalue weighted by atomic mass is 9.47. The fourth-order valence-electron chi connectivity index (χ4n) is 7.95. The fraction of sp³-hybridized carbons (Fsp3) is 0.500. The topological polar surface area (TPSA) is 21.3 Å². The van der Waals surface area contributed by atoms with E-state index in [4.69, 9.17) is 4.42 Å². The maximum Gasteiger partial charge on any atom is 0.206 e. The molecule has 3 aromatic rings. The highest BCUT2D eigenvalue weighted by Gasteiger charge is 2.64. The molecule has 8 rings (SSSR count). The van der Waals surface area contributed by atoms with Crippen molar-refractivity contribution in [2.24, 2.45) is 30.7 Å². The second-order valence-electron chi connectivity index (χ2n) is 9.58. The van der Waals surface area contributed by atoms with Crippen molar-refractivity contribution >= 4 is 16.8 Å². The van der Waals surface area contributed by atoms with Crippen molar-refractivity contribution < 1.29 is 4.42 Å². The second-order valence-corrected chi connectivity index (χ2v) is 9.58. The highest BCUT2D eigenvalue weighted by atomic mass is 16.3. The first kappa shape index (κ1) is 14.8. The van der Waals surface area contributed by atoms with Crippen LogP contribution in [0.5, 0.6) is 0 Å². The third-order valence-corrected chi connectivity index (χ3v) is 8.49. The SMILES string of the molecule is Cn1c2c(c3ccoc31)CN(c1ccccc1)C21C2CC3CC(C2)CC1C3. The molecule has 0 N–H and O–H groups in total. The van der Waals surface area contributed by atoms with Gasteiger partial charge in [0.25, 0.3) is 0 Å². The van der Waals surface area contributed by atoms with Gasteiger partial charge in [0.2, 0.25) is 5.71 Å². The Balaban J connectivity index is 1.53. The molecule has 4 aliphatic carbocycles. The molecule has 3 heterocycles. The standard InChI is InChI=1S/C24H26N2O/c1-25-22-21(20-7-8-27-23(20)25)14-26(19-5-3-2-4-6-19)24(22)17-10-15-9-16(12-17)13-18(24)11-15/h2-8,15-18H,9-14H2,1H3. The summed E-state index contributed by atoms with van der Waals surface area (Å²) in [5, 5.41) is 1.33. The van der Waals surface area contributed by atoms with Crippen molar-refractivity contribution in [3.05, 3.63) is 53.9 Å². The number of benzene rings is 1. The molecule has 0 unspecified atom stereocenters. The van der Waals surface area contributed by atoms with Gasteiger partial charge < -0.3 is 13.9 Å². The summed E-state index contributed by atoms with van der Waals surface area (Å²) in [5.74, 6) is 3.52. The maximum absolute atomic E-state index is 5.92. The Kier molecular flexibility index (Phi) is 2.65. The Hall–Kier alpha value is -2.16. The summed E-state index contributed by atoms with van der Waals surface area (Å²) in [6, 6.07) is 13.4. The van der Waals surface area contributed by atoms with E-state index in [2.05, 4.69) is 52.9 Å². The quantitative estimate of drug-likeness (QED) is 0.577. The van der Waals surface area contributed by atoms with Crippen LogP contribution in [0.2, 0.25) is 0 Å². The first-order chi connectivity index (χ1) is 13.3. The summed E-state index contributed by atoms with van der Waals surface area (Å²) in [4.78, 5) is 2.80. The van der Waals surface area contributed by atoms with E-state index in [0.29, 0.717) is 0 Å². The van der Waals surface area contributed by atoms with E-state index in [1.165, 1.54) is 48.7 Å². The van der Waals surface area contributed by atoms with Crippen LogP contribution in [0, 0.1) is 23.7 Å². The maximum atomic E-state index is 5.92. The molecule has 0 radical (unpaired) electrons. The summed E-state index contributed by atoms with van der Waals surface area (Å²) in [7, 11) is 2.24. The largest absolute Gasteiger partial charge is 0.448 e. The Morgan fingerprint density at radius 3 is 2.33 bits per heavy atom. The van der Waals surface area contributed by atoms with Crippen molar-refractivity contribution in [2.45, 2.75) is 44.2 Å². The number of fused-ring (bicyclic) bond motifs is 3. The Morgan fingerprint density at radius 2 is 1.63 bits per heavy atom. The number of aromatic nitrogens is 1. The van der Waals surface area contributed by atoms with Crippen LogP contribution in [0.25, 0.3) is 11.1 Å². The average molecular weight is 358 g/mol. The lowest BCUT2D eigenvalue weighted by Gasteiger charge is -2.63. The average Bonchev–Trinajstić information content (AvgIpc) is 3.34. The van der Waals surface area contributed by atoms with Crippen LogP contribution in [0.1, 0.15) is 43.4 Å². The summed E-state index contributed by atoms with van der Waals surface area (Å²) in [6.07, 6.45) is 9.03. The number of rotatable bonds is 1. The van der Waals surface area contributed by atoms with Gasteiger partial charge in [-0.3, -0.25) is 0 Å². The van der Waals surface area contributed by atoms with Gasteiger partial charge in [-0.15, -0.1) is 0 Å². The Morgan fingerprint density at radius 1 is 0.926 bits per heavy atom. The fourth-order valence-corrected chi connectivity index (χ4v) is 7.95. The van der Waals surface area contributed by atoms with Gasteiger partial charge in [-0.2, -0.15) is 0 Å². The highest BCUT2D eigenvalue weighted by molar-refractivity contribution is 5.84. The minimum absolute atomic E-state index is 0.167. The smallest absolute Gasteiger partial charge is 0.206 e. The predicted molar refractivity (Wildman–Crippen MR) is 107 cm³/mol. The number of aryl methyl sites for hydroxylation is 1. The van der Waals surface area contributed by atoms with E-state index < -0.39 is 0 Å². The highest BCUT2D eigenvalue weighted by Crippen LogP contribution is 2.67. The molecule has 3 heteroatoms. The molecule has 4 saturated carbocycles. The van der Waals surface area contributed by atoms with Gasteiger partial charge >= 0.3 is 0 Å². The minimum atomic E-state index is 0.167. The lowest BCUT2D eigenvalue weighted by molar-refractivity contribution is -0.0615. The molecule has 1 spiro atoms. The lowest BCUT2D eigenvalue weighted by Crippen LogP contribution is -2.62. The number of nitrogens with zero attached hydrogens (tertiary/aromatic N) is 2. The first-order valence-corrected chi connectivity index (χ1v) is 10.6. The van der Waals surface area contributed by atoms with E-state index in [9.17, 15) is 0 Å². The van der Waals surface area contributed by atoms with Crippen LogP contribution in [-0.2, 0) is 19.1 Å². The Bertz CT molecular complexity index is 1020. The van der Waals surface area contributed by atoms with Gasteiger partial charge in [0, 0.05) is 30.2 Å². The van der Waals surface area contributed by atoms with E-state index in [-0.39, 0.29) is 5.54 Å². The van der Waals surface area contributed by atoms with Crippen LogP contribution in [-0.4, -0.2) is 4.57 Å². The molecule has 5 aliphatic rings. The molecular weight excluding hydrogens is 332 g/mol. The number of furan rings is 1. The van der Waals surface area contributed by atoms with Crippen LogP contribution in [0.4, 0.5) is 5.69 Å². The molecule has 4 bridgehead atoms. The van der Waals surface area contributed by atoms with Gasteiger partial charge in [-0.25, -0.2) is 0 Å². The monoisotopic (exact) mass is 358 g/mol. The summed E-state index contributed by atoms with van der Waals surface area (Å²) in [6.45, 7) is 1.03. The minimum Gasteiger partial charge on any atom is -0.448 e. The molecule has 1 aromatic carbocycles. The van der Waals surface area contributed by atoms with Crippen molar-refractivity contribution in [1.29, 1.82) is 0 Å². The molecule has 3 nitrogen and oxygen atoms in total. The van der Waals surface area contributed by atoms with Gasteiger partial charge in [-0.05, 0) is 74.0 Å². The van der Waals surface area contributed by atoms with Gasteiger partial charge in [0.15, 0.2) is 0 Å². The van der Waals surface area contributed by atoms with Gasteiger partial charge in [0.05, 0.1) is 17.5 Å². The molecule has 2 aromatic heterocycles. The normalized spacial score (nSPS) is 36.3. The molecule has 138 valence electrons. The summed E-state index contributed by atoms with van der Waals surface area (Å²) < 4.78 is 8.33. The van der Waals surface area contributed by atoms with Gasteiger partial charge in [0.1, 0.15) is 0 Å². The van der Waals surface area contributed by atoms with Crippen LogP contribution < -0.4 is 4.90 Å². The molecule has 1 aliphatic heterocycles. The van der Waals surface area contributed by atoms with Crippen molar-refractivity contribution in [1.82, 2.24) is 4.57 Å². The molecule has 0 saturated heterocycles. The third-order valence-electron chi connectivity index (χ3n) is 8.49. The zero-order valence-electron chi connectivity index (χ0n) is 15.9. The van der Waals surface area contributed by atoms with Crippen molar-refractivity contribution in [3.63, 3.8) is 0 Å². The van der Waals surface area contributed by atoms with E-state index in [0.717, 1.165) is 35.9 Å². The summed E-state index contributed by atoms with van der Waals surface area (Å²) in [5.41, 5.74) is 5.74. The second kappa shape index (κ2) is 4.81. The molecule has 27 heavy (non-hydrogen) atoms. The van der Waals surface area contributed by atoms with Crippen LogP contribution in [0.3, 0.4) is 0 Å². The zero-order valence-corrected chi connectivity index (χ0v) is 15.9. The van der Waals surface area contributed by atoms with E-state index in [1.807, 2.05) is 6.26 Å². The molecule has 4 fully saturated rings. The van der Waals surface area contributed by atoms with Gasteiger partial charge in [-0.1, -0.05) is 18.2 Å². The molecule has 0 atom stereocenters.